The molecule has 110 valence electrons. The standard InChI is InChI=1S/C14H15N3O4/c15-10-14(5-7-21-8-6-14)13(18)16-9-11-3-1-2-4-12(11)17(19)20/h1-4H,5-9H2,(H,16,18). The van der Waals surface area contributed by atoms with Crippen molar-refractivity contribution in [3.05, 3.63) is 39.9 Å². The molecule has 1 N–H and O–H groups in total. The van der Waals surface area contributed by atoms with Crippen molar-refractivity contribution >= 4 is 11.6 Å². The van der Waals surface area contributed by atoms with Gasteiger partial charge in [-0.2, -0.15) is 5.26 Å². The molecule has 2 rings (SSSR count). The summed E-state index contributed by atoms with van der Waals surface area (Å²) in [5.41, 5.74) is -0.728. The van der Waals surface area contributed by atoms with E-state index in [1.54, 1.807) is 18.2 Å². The van der Waals surface area contributed by atoms with Gasteiger partial charge in [-0.25, -0.2) is 0 Å². The largest absolute Gasteiger partial charge is 0.381 e. The summed E-state index contributed by atoms with van der Waals surface area (Å²) < 4.78 is 5.17. The summed E-state index contributed by atoms with van der Waals surface area (Å²) in [6, 6.07) is 8.27. The Kier molecular flexibility index (Phi) is 4.50. The molecule has 1 aromatic rings. The molecule has 1 aliphatic rings. The second-order valence-corrected chi connectivity index (χ2v) is 4.87. The van der Waals surface area contributed by atoms with E-state index in [9.17, 15) is 20.2 Å². The third-order valence-electron chi connectivity index (χ3n) is 3.62. The van der Waals surface area contributed by atoms with Crippen molar-refractivity contribution in [2.24, 2.45) is 5.41 Å². The van der Waals surface area contributed by atoms with Crippen molar-refractivity contribution in [1.82, 2.24) is 5.32 Å². The Hall–Kier alpha value is -2.46. The Balaban J connectivity index is 2.08. The zero-order valence-electron chi connectivity index (χ0n) is 11.4. The van der Waals surface area contributed by atoms with E-state index in [0.29, 0.717) is 31.6 Å². The van der Waals surface area contributed by atoms with E-state index in [2.05, 4.69) is 11.4 Å². The summed E-state index contributed by atoms with van der Waals surface area (Å²) in [5.74, 6) is -0.397. The molecule has 0 bridgehead atoms. The van der Waals surface area contributed by atoms with Crippen molar-refractivity contribution in [3.8, 4) is 6.07 Å². The normalized spacial score (nSPS) is 16.7. The van der Waals surface area contributed by atoms with Gasteiger partial charge in [0.05, 0.1) is 11.0 Å². The van der Waals surface area contributed by atoms with E-state index < -0.39 is 16.2 Å². The maximum Gasteiger partial charge on any atom is 0.274 e. The lowest BCUT2D eigenvalue weighted by molar-refractivity contribution is -0.385. The highest BCUT2D eigenvalue weighted by molar-refractivity contribution is 5.85. The van der Waals surface area contributed by atoms with E-state index in [1.807, 2.05) is 0 Å². The number of hydrogen-bond acceptors (Lipinski definition) is 5. The number of amides is 1. The van der Waals surface area contributed by atoms with Crippen molar-refractivity contribution in [3.63, 3.8) is 0 Å². The van der Waals surface area contributed by atoms with Crippen LogP contribution in [0.4, 0.5) is 5.69 Å². The van der Waals surface area contributed by atoms with Gasteiger partial charge < -0.3 is 10.1 Å². The van der Waals surface area contributed by atoms with Gasteiger partial charge in [-0.1, -0.05) is 18.2 Å². The Labute approximate surface area is 121 Å². The monoisotopic (exact) mass is 289 g/mol. The minimum absolute atomic E-state index is 0.0280. The average Bonchev–Trinajstić information content (AvgIpc) is 2.53. The summed E-state index contributed by atoms with van der Waals surface area (Å²) in [6.45, 7) is 0.763. The van der Waals surface area contributed by atoms with E-state index in [1.165, 1.54) is 6.07 Å². The number of nitro groups is 1. The van der Waals surface area contributed by atoms with Gasteiger partial charge in [0.15, 0.2) is 0 Å². The molecule has 0 unspecified atom stereocenters. The second-order valence-electron chi connectivity index (χ2n) is 4.87. The zero-order chi connectivity index (χ0) is 15.3. The van der Waals surface area contributed by atoms with Gasteiger partial charge in [-0.15, -0.1) is 0 Å². The van der Waals surface area contributed by atoms with E-state index in [-0.39, 0.29) is 12.2 Å². The maximum absolute atomic E-state index is 12.2. The number of nitriles is 1. The van der Waals surface area contributed by atoms with Gasteiger partial charge in [0, 0.05) is 31.4 Å². The fourth-order valence-electron chi connectivity index (χ4n) is 2.29. The van der Waals surface area contributed by atoms with Gasteiger partial charge in [0.1, 0.15) is 5.41 Å². The topological polar surface area (TPSA) is 105 Å². The number of nitro benzene ring substituents is 1. The fraction of sp³-hybridized carbons (Fsp3) is 0.429. The molecule has 0 radical (unpaired) electrons. The molecule has 7 nitrogen and oxygen atoms in total. The first-order chi connectivity index (χ1) is 10.1. The van der Waals surface area contributed by atoms with Crippen molar-refractivity contribution in [2.75, 3.05) is 13.2 Å². The fourth-order valence-corrected chi connectivity index (χ4v) is 2.29. The van der Waals surface area contributed by atoms with Crippen LogP contribution >= 0.6 is 0 Å². The predicted molar refractivity (Wildman–Crippen MR) is 73.0 cm³/mol. The van der Waals surface area contributed by atoms with Crippen LogP contribution in [-0.4, -0.2) is 24.0 Å². The molecule has 1 aromatic carbocycles. The summed E-state index contributed by atoms with van der Waals surface area (Å²) in [6.07, 6.45) is 0.679. The molecular formula is C14H15N3O4. The van der Waals surface area contributed by atoms with Gasteiger partial charge in [-0.3, -0.25) is 14.9 Å². The van der Waals surface area contributed by atoms with Crippen LogP contribution in [-0.2, 0) is 16.1 Å². The Bertz CT molecular complexity index is 588. The van der Waals surface area contributed by atoms with Crippen LogP contribution in [0.5, 0.6) is 0 Å². The summed E-state index contributed by atoms with van der Waals surface area (Å²) >= 11 is 0. The van der Waals surface area contributed by atoms with Crippen LogP contribution in [0, 0.1) is 26.9 Å². The lowest BCUT2D eigenvalue weighted by Gasteiger charge is -2.29. The molecule has 1 heterocycles. The molecule has 7 heteroatoms. The highest BCUT2D eigenvalue weighted by atomic mass is 16.6. The summed E-state index contributed by atoms with van der Waals surface area (Å²) in [7, 11) is 0. The van der Waals surface area contributed by atoms with Gasteiger partial charge in [0.2, 0.25) is 5.91 Å². The molecule has 21 heavy (non-hydrogen) atoms. The molecule has 1 fully saturated rings. The van der Waals surface area contributed by atoms with Crippen LogP contribution in [0.1, 0.15) is 18.4 Å². The van der Waals surface area contributed by atoms with Crippen molar-refractivity contribution in [1.29, 1.82) is 5.26 Å². The maximum atomic E-state index is 12.2. The van der Waals surface area contributed by atoms with Crippen molar-refractivity contribution in [2.45, 2.75) is 19.4 Å². The highest BCUT2D eigenvalue weighted by Crippen LogP contribution is 2.30. The number of nitrogens with zero attached hydrogens (tertiary/aromatic N) is 2. The molecule has 0 spiro atoms. The number of hydrogen-bond donors (Lipinski definition) is 1. The third-order valence-corrected chi connectivity index (χ3v) is 3.62. The Morgan fingerprint density at radius 1 is 1.43 bits per heavy atom. The number of carbonyl (C=O) groups is 1. The van der Waals surface area contributed by atoms with Crippen molar-refractivity contribution < 1.29 is 14.5 Å². The number of benzene rings is 1. The first kappa shape index (κ1) is 14.9. The molecule has 0 aromatic heterocycles. The lowest BCUT2D eigenvalue weighted by atomic mass is 9.81. The molecule has 0 aliphatic carbocycles. The smallest absolute Gasteiger partial charge is 0.274 e. The minimum Gasteiger partial charge on any atom is -0.381 e. The van der Waals surface area contributed by atoms with Gasteiger partial charge >= 0.3 is 0 Å². The summed E-state index contributed by atoms with van der Waals surface area (Å²) in [4.78, 5) is 22.7. The number of carbonyl (C=O) groups excluding carboxylic acids is 1. The predicted octanol–water partition coefficient (Wildman–Crippen LogP) is 1.53. The van der Waals surface area contributed by atoms with E-state index in [4.69, 9.17) is 4.74 Å². The first-order valence-electron chi connectivity index (χ1n) is 6.59. The molecule has 1 aliphatic heterocycles. The van der Waals surface area contributed by atoms with Crippen LogP contribution in [0.2, 0.25) is 0 Å². The third kappa shape index (κ3) is 3.17. The van der Waals surface area contributed by atoms with Gasteiger partial charge in [-0.05, 0) is 12.8 Å². The number of ether oxygens (including phenoxy) is 1. The SMILES string of the molecule is N#CC1(C(=O)NCc2ccccc2[N+](=O)[O-])CCOCC1. The average molecular weight is 289 g/mol. The first-order valence-corrected chi connectivity index (χ1v) is 6.59. The van der Waals surface area contributed by atoms with E-state index in [0.717, 1.165) is 0 Å². The van der Waals surface area contributed by atoms with Gasteiger partial charge in [0.25, 0.3) is 5.69 Å². The number of rotatable bonds is 4. The minimum atomic E-state index is -1.10. The highest BCUT2D eigenvalue weighted by Gasteiger charge is 2.40. The number of para-hydroxylation sites is 1. The number of nitrogens with one attached hydrogen (secondary N) is 1. The molecule has 1 saturated heterocycles. The molecule has 0 saturated carbocycles. The van der Waals surface area contributed by atoms with Crippen LogP contribution in [0.3, 0.4) is 0 Å². The zero-order valence-corrected chi connectivity index (χ0v) is 11.4. The Morgan fingerprint density at radius 2 is 2.10 bits per heavy atom. The molecular weight excluding hydrogens is 274 g/mol. The molecule has 1 amide bonds. The van der Waals surface area contributed by atoms with Crippen LogP contribution < -0.4 is 5.32 Å². The van der Waals surface area contributed by atoms with E-state index >= 15 is 0 Å². The van der Waals surface area contributed by atoms with Crippen LogP contribution in [0.15, 0.2) is 24.3 Å². The Morgan fingerprint density at radius 3 is 2.71 bits per heavy atom. The second kappa shape index (κ2) is 6.33. The molecule has 0 atom stereocenters. The summed E-state index contributed by atoms with van der Waals surface area (Å²) in [5, 5.41) is 22.8. The quantitative estimate of drug-likeness (QED) is 0.668. The lowest BCUT2D eigenvalue weighted by Crippen LogP contribution is -2.43. The van der Waals surface area contributed by atoms with Crippen LogP contribution in [0.25, 0.3) is 0 Å².